The number of oxime groups is 1. The summed E-state index contributed by atoms with van der Waals surface area (Å²) in [5.74, 6) is -0.255. The predicted molar refractivity (Wildman–Crippen MR) is 57.2 cm³/mol. The Hall–Kier alpha value is -1.58. The second-order valence-electron chi connectivity index (χ2n) is 3.65. The van der Waals surface area contributed by atoms with Gasteiger partial charge in [-0.3, -0.25) is 0 Å². The summed E-state index contributed by atoms with van der Waals surface area (Å²) >= 11 is 0. The molecule has 4 heteroatoms. The van der Waals surface area contributed by atoms with Crippen LogP contribution in [0.15, 0.2) is 23.4 Å². The van der Waals surface area contributed by atoms with Crippen molar-refractivity contribution in [3.05, 3.63) is 29.6 Å². The molecule has 0 aromatic heterocycles. The Bertz CT molecular complexity index is 373. The van der Waals surface area contributed by atoms with Gasteiger partial charge in [-0.05, 0) is 30.5 Å². The standard InChI is InChI=1S/C11H13FN2O/c12-10-7-9(8-13-15)3-4-11(10)14-5-1-2-6-14/h3-4,7-8,15H,1-2,5-6H2. The number of nitrogens with zero attached hydrogens (tertiary/aromatic N) is 2. The molecule has 1 saturated heterocycles. The average Bonchev–Trinajstić information content (AvgIpc) is 2.71. The summed E-state index contributed by atoms with van der Waals surface area (Å²) in [6.45, 7) is 1.84. The van der Waals surface area contributed by atoms with E-state index in [1.807, 2.05) is 4.90 Å². The van der Waals surface area contributed by atoms with E-state index in [4.69, 9.17) is 5.21 Å². The molecule has 1 aliphatic rings. The molecule has 1 fully saturated rings. The average molecular weight is 208 g/mol. The highest BCUT2D eigenvalue weighted by Gasteiger charge is 2.15. The van der Waals surface area contributed by atoms with Crippen molar-refractivity contribution in [3.8, 4) is 0 Å². The monoisotopic (exact) mass is 208 g/mol. The minimum atomic E-state index is -0.255. The molecule has 1 aliphatic heterocycles. The van der Waals surface area contributed by atoms with Gasteiger partial charge in [0.1, 0.15) is 5.82 Å². The van der Waals surface area contributed by atoms with Gasteiger partial charge in [0.2, 0.25) is 0 Å². The molecule has 0 amide bonds. The zero-order valence-corrected chi connectivity index (χ0v) is 8.36. The predicted octanol–water partition coefficient (Wildman–Crippen LogP) is 2.23. The maximum absolute atomic E-state index is 13.6. The highest BCUT2D eigenvalue weighted by Crippen LogP contribution is 2.23. The van der Waals surface area contributed by atoms with Gasteiger partial charge in [-0.1, -0.05) is 11.2 Å². The number of rotatable bonds is 2. The van der Waals surface area contributed by atoms with Crippen molar-refractivity contribution in [2.45, 2.75) is 12.8 Å². The molecule has 0 aliphatic carbocycles. The summed E-state index contributed by atoms with van der Waals surface area (Å²) in [5, 5.41) is 11.2. The number of hydrogen-bond donors (Lipinski definition) is 1. The number of benzene rings is 1. The Balaban J connectivity index is 2.25. The van der Waals surface area contributed by atoms with E-state index in [1.54, 1.807) is 12.1 Å². The van der Waals surface area contributed by atoms with Gasteiger partial charge in [0.05, 0.1) is 11.9 Å². The van der Waals surface area contributed by atoms with Crippen molar-refractivity contribution < 1.29 is 9.60 Å². The van der Waals surface area contributed by atoms with Crippen molar-refractivity contribution in [2.24, 2.45) is 5.16 Å². The van der Waals surface area contributed by atoms with E-state index >= 15 is 0 Å². The Morgan fingerprint density at radius 2 is 2.07 bits per heavy atom. The quantitative estimate of drug-likeness (QED) is 0.459. The molecule has 0 radical (unpaired) electrons. The van der Waals surface area contributed by atoms with Gasteiger partial charge < -0.3 is 10.1 Å². The zero-order chi connectivity index (χ0) is 10.7. The molecule has 0 saturated carbocycles. The summed E-state index contributed by atoms with van der Waals surface area (Å²) in [7, 11) is 0. The molecule has 2 rings (SSSR count). The molecule has 80 valence electrons. The fourth-order valence-corrected chi connectivity index (χ4v) is 1.88. The molecule has 0 bridgehead atoms. The number of hydrogen-bond acceptors (Lipinski definition) is 3. The highest BCUT2D eigenvalue weighted by atomic mass is 19.1. The van der Waals surface area contributed by atoms with Crippen LogP contribution >= 0.6 is 0 Å². The van der Waals surface area contributed by atoms with Crippen LogP contribution in [0.3, 0.4) is 0 Å². The van der Waals surface area contributed by atoms with Gasteiger partial charge in [0.15, 0.2) is 0 Å². The normalized spacial score (nSPS) is 16.5. The molecule has 0 unspecified atom stereocenters. The van der Waals surface area contributed by atoms with Crippen LogP contribution in [0, 0.1) is 5.82 Å². The first-order valence-corrected chi connectivity index (χ1v) is 5.03. The fourth-order valence-electron chi connectivity index (χ4n) is 1.88. The SMILES string of the molecule is ON=Cc1ccc(N2CCCC2)c(F)c1. The molecule has 0 atom stereocenters. The van der Waals surface area contributed by atoms with Crippen molar-refractivity contribution in [2.75, 3.05) is 18.0 Å². The second kappa shape index (κ2) is 4.29. The van der Waals surface area contributed by atoms with Crippen molar-refractivity contribution in [1.82, 2.24) is 0 Å². The summed E-state index contributed by atoms with van der Waals surface area (Å²) in [6.07, 6.45) is 3.47. The lowest BCUT2D eigenvalue weighted by atomic mass is 10.2. The topological polar surface area (TPSA) is 35.8 Å². The molecule has 1 N–H and O–H groups in total. The van der Waals surface area contributed by atoms with E-state index in [1.165, 1.54) is 12.3 Å². The lowest BCUT2D eigenvalue weighted by molar-refractivity contribution is 0.322. The van der Waals surface area contributed by atoms with Gasteiger partial charge in [-0.15, -0.1) is 0 Å². The molecule has 1 heterocycles. The molecule has 1 aromatic carbocycles. The first-order chi connectivity index (χ1) is 7.31. The largest absolute Gasteiger partial charge is 0.411 e. The minimum Gasteiger partial charge on any atom is -0.411 e. The Labute approximate surface area is 87.8 Å². The maximum atomic E-state index is 13.6. The highest BCUT2D eigenvalue weighted by molar-refractivity contribution is 5.80. The molecule has 0 spiro atoms. The van der Waals surface area contributed by atoms with Crippen LogP contribution in [0.2, 0.25) is 0 Å². The van der Waals surface area contributed by atoms with Gasteiger partial charge in [-0.25, -0.2) is 4.39 Å². The Kier molecular flexibility index (Phi) is 2.85. The molecular formula is C11H13FN2O. The molecule has 15 heavy (non-hydrogen) atoms. The van der Waals surface area contributed by atoms with E-state index in [0.29, 0.717) is 11.3 Å². The first kappa shape index (κ1) is 9.96. The third-order valence-electron chi connectivity index (χ3n) is 2.63. The molecular weight excluding hydrogens is 195 g/mol. The van der Waals surface area contributed by atoms with Crippen LogP contribution < -0.4 is 4.90 Å². The van der Waals surface area contributed by atoms with Gasteiger partial charge in [0.25, 0.3) is 0 Å². The first-order valence-electron chi connectivity index (χ1n) is 5.03. The van der Waals surface area contributed by atoms with Crippen LogP contribution in [-0.4, -0.2) is 24.5 Å². The van der Waals surface area contributed by atoms with E-state index in [9.17, 15) is 4.39 Å². The van der Waals surface area contributed by atoms with Crippen LogP contribution in [0.1, 0.15) is 18.4 Å². The van der Waals surface area contributed by atoms with Crippen LogP contribution in [0.4, 0.5) is 10.1 Å². The smallest absolute Gasteiger partial charge is 0.147 e. The van der Waals surface area contributed by atoms with E-state index in [2.05, 4.69) is 5.16 Å². The van der Waals surface area contributed by atoms with E-state index in [0.717, 1.165) is 25.9 Å². The lowest BCUT2D eigenvalue weighted by Gasteiger charge is -2.18. The lowest BCUT2D eigenvalue weighted by Crippen LogP contribution is -2.18. The van der Waals surface area contributed by atoms with Gasteiger partial charge >= 0.3 is 0 Å². The summed E-state index contributed by atoms with van der Waals surface area (Å²) in [5.41, 5.74) is 1.21. The molecule has 3 nitrogen and oxygen atoms in total. The Morgan fingerprint density at radius 1 is 1.33 bits per heavy atom. The summed E-state index contributed by atoms with van der Waals surface area (Å²) in [4.78, 5) is 2.04. The maximum Gasteiger partial charge on any atom is 0.147 e. The third-order valence-corrected chi connectivity index (χ3v) is 2.63. The van der Waals surface area contributed by atoms with Crippen LogP contribution in [-0.2, 0) is 0 Å². The van der Waals surface area contributed by atoms with E-state index in [-0.39, 0.29) is 5.82 Å². The molecule has 1 aromatic rings. The van der Waals surface area contributed by atoms with Crippen molar-refractivity contribution >= 4 is 11.9 Å². The summed E-state index contributed by atoms with van der Waals surface area (Å²) in [6, 6.07) is 4.86. The van der Waals surface area contributed by atoms with Crippen LogP contribution in [0.5, 0.6) is 0 Å². The minimum absolute atomic E-state index is 0.255. The third kappa shape index (κ3) is 2.09. The number of halogens is 1. The van der Waals surface area contributed by atoms with Crippen molar-refractivity contribution in [3.63, 3.8) is 0 Å². The fraction of sp³-hybridized carbons (Fsp3) is 0.364. The zero-order valence-electron chi connectivity index (χ0n) is 8.36. The van der Waals surface area contributed by atoms with Gasteiger partial charge in [-0.2, -0.15) is 0 Å². The van der Waals surface area contributed by atoms with Gasteiger partial charge in [0, 0.05) is 13.1 Å². The summed E-state index contributed by atoms with van der Waals surface area (Å²) < 4.78 is 13.6. The second-order valence-corrected chi connectivity index (χ2v) is 3.65. The van der Waals surface area contributed by atoms with Crippen molar-refractivity contribution in [1.29, 1.82) is 0 Å². The van der Waals surface area contributed by atoms with E-state index < -0.39 is 0 Å². The Morgan fingerprint density at radius 3 is 2.67 bits per heavy atom. The number of anilines is 1. The van der Waals surface area contributed by atoms with Crippen LogP contribution in [0.25, 0.3) is 0 Å².